The Kier molecular flexibility index (Phi) is 4.48. The molecular weight excluding hydrogens is 244 g/mol. The quantitative estimate of drug-likeness (QED) is 0.733. The van der Waals surface area contributed by atoms with Crippen molar-refractivity contribution in [1.29, 1.82) is 0 Å². The predicted octanol–water partition coefficient (Wildman–Crippen LogP) is 1.00. The molecule has 0 saturated carbocycles. The summed E-state index contributed by atoms with van der Waals surface area (Å²) in [6.07, 6.45) is 0. The zero-order valence-corrected chi connectivity index (χ0v) is 9.99. The fourth-order valence-electron chi connectivity index (χ4n) is 1.19. The molecule has 92 valence electrons. The molecule has 1 aromatic carbocycles. The van der Waals surface area contributed by atoms with Gasteiger partial charge in [0, 0.05) is 17.1 Å². The Bertz CT molecular complexity index is 448. The van der Waals surface area contributed by atoms with Crippen molar-refractivity contribution >= 4 is 23.5 Å². The van der Waals surface area contributed by atoms with Crippen molar-refractivity contribution in [3.8, 4) is 0 Å². The lowest BCUT2D eigenvalue weighted by Gasteiger charge is -2.10. The Hall–Kier alpha value is -1.59. The number of benzene rings is 1. The second-order valence-corrected chi connectivity index (χ2v) is 4.02. The number of hydrogen-bond acceptors (Lipinski definition) is 3. The molecule has 0 aliphatic carbocycles. The van der Waals surface area contributed by atoms with Gasteiger partial charge >= 0.3 is 5.97 Å². The molecule has 0 unspecified atom stereocenters. The number of carboxylic acids is 1. The van der Waals surface area contributed by atoms with E-state index < -0.39 is 17.9 Å². The smallest absolute Gasteiger partial charge is 0.320 e. The lowest BCUT2D eigenvalue weighted by atomic mass is 10.1. The van der Waals surface area contributed by atoms with E-state index in [4.69, 9.17) is 22.4 Å². The van der Waals surface area contributed by atoms with Crippen LogP contribution in [0.3, 0.4) is 0 Å². The lowest BCUT2D eigenvalue weighted by Crippen LogP contribution is -2.33. The van der Waals surface area contributed by atoms with Crippen molar-refractivity contribution in [3.63, 3.8) is 0 Å². The SMILES string of the molecule is C[C@H](NCc1ccc(C(N)=O)cc1Cl)C(=O)O. The number of amides is 1. The molecule has 0 aliphatic rings. The number of carbonyl (C=O) groups excluding carboxylic acids is 1. The molecule has 0 fully saturated rings. The van der Waals surface area contributed by atoms with Crippen molar-refractivity contribution in [2.75, 3.05) is 0 Å². The Labute approximate surface area is 104 Å². The number of carboxylic acid groups (broad SMARTS) is 1. The van der Waals surface area contributed by atoms with Crippen LogP contribution in [-0.4, -0.2) is 23.0 Å². The number of hydrogen-bond donors (Lipinski definition) is 3. The Morgan fingerprint density at radius 3 is 2.65 bits per heavy atom. The first kappa shape index (κ1) is 13.5. The summed E-state index contributed by atoms with van der Waals surface area (Å²) < 4.78 is 0. The zero-order chi connectivity index (χ0) is 13.0. The minimum absolute atomic E-state index is 0.311. The lowest BCUT2D eigenvalue weighted by molar-refractivity contribution is -0.139. The van der Waals surface area contributed by atoms with Gasteiger partial charge in [-0.25, -0.2) is 0 Å². The van der Waals surface area contributed by atoms with Gasteiger partial charge in [0.2, 0.25) is 5.91 Å². The summed E-state index contributed by atoms with van der Waals surface area (Å²) in [6.45, 7) is 1.85. The molecule has 17 heavy (non-hydrogen) atoms. The van der Waals surface area contributed by atoms with E-state index in [1.54, 1.807) is 12.1 Å². The fourth-order valence-corrected chi connectivity index (χ4v) is 1.44. The fraction of sp³-hybridized carbons (Fsp3) is 0.273. The Morgan fingerprint density at radius 2 is 2.18 bits per heavy atom. The minimum atomic E-state index is -0.935. The highest BCUT2D eigenvalue weighted by Gasteiger charge is 2.11. The summed E-state index contributed by atoms with van der Waals surface area (Å²) >= 11 is 5.94. The van der Waals surface area contributed by atoms with E-state index in [1.807, 2.05) is 0 Å². The molecule has 0 bridgehead atoms. The van der Waals surface area contributed by atoms with Crippen LogP contribution in [0.2, 0.25) is 5.02 Å². The van der Waals surface area contributed by atoms with Gasteiger partial charge in [-0.05, 0) is 24.6 Å². The van der Waals surface area contributed by atoms with Crippen molar-refractivity contribution in [3.05, 3.63) is 34.3 Å². The summed E-state index contributed by atoms with van der Waals surface area (Å²) in [5.41, 5.74) is 6.14. The monoisotopic (exact) mass is 256 g/mol. The zero-order valence-electron chi connectivity index (χ0n) is 9.24. The number of aliphatic carboxylic acids is 1. The molecule has 0 aromatic heterocycles. The number of nitrogens with two attached hydrogens (primary N) is 1. The van der Waals surface area contributed by atoms with Gasteiger partial charge in [-0.3, -0.25) is 9.59 Å². The van der Waals surface area contributed by atoms with Crippen LogP contribution in [0.4, 0.5) is 0 Å². The van der Waals surface area contributed by atoms with Gasteiger partial charge in [-0.1, -0.05) is 17.7 Å². The molecule has 1 rings (SSSR count). The average Bonchev–Trinajstić information content (AvgIpc) is 2.26. The van der Waals surface area contributed by atoms with E-state index >= 15 is 0 Å². The van der Waals surface area contributed by atoms with Crippen molar-refractivity contribution in [2.45, 2.75) is 19.5 Å². The highest BCUT2D eigenvalue weighted by atomic mass is 35.5. The third-order valence-corrected chi connectivity index (χ3v) is 2.66. The van der Waals surface area contributed by atoms with Crippen LogP contribution in [0, 0.1) is 0 Å². The third kappa shape index (κ3) is 3.72. The van der Waals surface area contributed by atoms with Crippen LogP contribution in [0.1, 0.15) is 22.8 Å². The summed E-state index contributed by atoms with van der Waals surface area (Å²) in [6, 6.07) is 3.99. The van der Waals surface area contributed by atoms with E-state index in [0.717, 1.165) is 0 Å². The highest BCUT2D eigenvalue weighted by Crippen LogP contribution is 2.17. The highest BCUT2D eigenvalue weighted by molar-refractivity contribution is 6.31. The van der Waals surface area contributed by atoms with Crippen molar-refractivity contribution in [2.24, 2.45) is 5.73 Å². The number of rotatable bonds is 5. The second kappa shape index (κ2) is 5.65. The molecule has 0 saturated heterocycles. The topological polar surface area (TPSA) is 92.4 Å². The average molecular weight is 257 g/mol. The van der Waals surface area contributed by atoms with Crippen molar-refractivity contribution in [1.82, 2.24) is 5.32 Å². The predicted molar refractivity (Wildman–Crippen MR) is 63.9 cm³/mol. The van der Waals surface area contributed by atoms with E-state index in [1.165, 1.54) is 13.0 Å². The molecule has 6 heteroatoms. The summed E-state index contributed by atoms with van der Waals surface area (Å²) in [5, 5.41) is 11.9. The summed E-state index contributed by atoms with van der Waals surface area (Å²) in [7, 11) is 0. The molecule has 0 radical (unpaired) electrons. The molecule has 0 spiro atoms. The van der Waals surface area contributed by atoms with Crippen LogP contribution in [-0.2, 0) is 11.3 Å². The second-order valence-electron chi connectivity index (χ2n) is 3.61. The number of halogens is 1. The first-order valence-corrected chi connectivity index (χ1v) is 5.34. The van der Waals surface area contributed by atoms with E-state index in [-0.39, 0.29) is 0 Å². The molecule has 5 nitrogen and oxygen atoms in total. The maximum Gasteiger partial charge on any atom is 0.320 e. The molecular formula is C11H13ClN2O3. The van der Waals surface area contributed by atoms with Crippen LogP contribution in [0.5, 0.6) is 0 Å². The molecule has 1 atom stereocenters. The number of primary amides is 1. The number of carbonyl (C=O) groups is 2. The Morgan fingerprint density at radius 1 is 1.53 bits per heavy atom. The molecule has 1 amide bonds. The van der Waals surface area contributed by atoms with E-state index in [9.17, 15) is 9.59 Å². The normalized spacial score (nSPS) is 12.1. The maximum absolute atomic E-state index is 10.9. The first-order chi connectivity index (χ1) is 7.91. The summed E-state index contributed by atoms with van der Waals surface area (Å²) in [5.74, 6) is -1.49. The number of nitrogens with one attached hydrogen (secondary N) is 1. The molecule has 0 aliphatic heterocycles. The van der Waals surface area contributed by atoms with Gasteiger partial charge in [0.1, 0.15) is 6.04 Å². The maximum atomic E-state index is 10.9. The standard InChI is InChI=1S/C11H13ClN2O3/c1-6(11(16)17)14-5-8-3-2-7(10(13)15)4-9(8)12/h2-4,6,14H,5H2,1H3,(H2,13,15)(H,16,17)/t6-/m0/s1. The molecule has 4 N–H and O–H groups in total. The van der Waals surface area contributed by atoms with Crippen LogP contribution in [0.25, 0.3) is 0 Å². The Balaban J connectivity index is 2.73. The van der Waals surface area contributed by atoms with Crippen LogP contribution < -0.4 is 11.1 Å². The largest absolute Gasteiger partial charge is 0.480 e. The van der Waals surface area contributed by atoms with Crippen molar-refractivity contribution < 1.29 is 14.7 Å². The van der Waals surface area contributed by atoms with Crippen LogP contribution in [0.15, 0.2) is 18.2 Å². The molecule has 1 aromatic rings. The van der Waals surface area contributed by atoms with Gasteiger partial charge < -0.3 is 16.2 Å². The summed E-state index contributed by atoms with van der Waals surface area (Å²) in [4.78, 5) is 21.5. The first-order valence-electron chi connectivity index (χ1n) is 4.96. The van der Waals surface area contributed by atoms with Gasteiger partial charge in [-0.2, -0.15) is 0 Å². The van der Waals surface area contributed by atoms with Gasteiger partial charge in [0.05, 0.1) is 0 Å². The van der Waals surface area contributed by atoms with Crippen LogP contribution >= 0.6 is 11.6 Å². The minimum Gasteiger partial charge on any atom is -0.480 e. The van der Waals surface area contributed by atoms with Gasteiger partial charge in [-0.15, -0.1) is 0 Å². The van der Waals surface area contributed by atoms with E-state index in [0.29, 0.717) is 22.7 Å². The van der Waals surface area contributed by atoms with Gasteiger partial charge in [0.25, 0.3) is 0 Å². The van der Waals surface area contributed by atoms with Gasteiger partial charge in [0.15, 0.2) is 0 Å². The third-order valence-electron chi connectivity index (χ3n) is 2.31. The van der Waals surface area contributed by atoms with E-state index in [2.05, 4.69) is 5.32 Å². The molecule has 0 heterocycles.